The minimum absolute atomic E-state index is 0.0202. The van der Waals surface area contributed by atoms with E-state index < -0.39 is 29.2 Å². The zero-order valence-corrected chi connectivity index (χ0v) is 20.5. The minimum Gasteiger partial charge on any atom is -0.395 e. The average Bonchev–Trinajstić information content (AvgIpc) is 2.93. The molecule has 0 bridgehead atoms. The second-order valence-corrected chi connectivity index (χ2v) is 8.58. The molecule has 0 saturated carbocycles. The maximum Gasteiger partial charge on any atom is 0.334 e. The lowest BCUT2D eigenvalue weighted by molar-refractivity contribution is 0.253. The van der Waals surface area contributed by atoms with Crippen molar-refractivity contribution in [2.24, 2.45) is 0 Å². The van der Waals surface area contributed by atoms with Crippen LogP contribution in [-0.4, -0.2) is 48.9 Å². The number of hydrogen-bond acceptors (Lipinski definition) is 5. The molecule has 7 nitrogen and oxygen atoms in total. The maximum atomic E-state index is 15.5. The molecule has 36 heavy (non-hydrogen) atoms. The van der Waals surface area contributed by atoms with Gasteiger partial charge in [-0.15, -0.1) is 0 Å². The summed E-state index contributed by atoms with van der Waals surface area (Å²) < 4.78 is 45.5. The number of nitrogens with zero attached hydrogens (tertiary/aromatic N) is 3. The van der Waals surface area contributed by atoms with Crippen molar-refractivity contribution >= 4 is 40.5 Å². The molecule has 1 aromatic heterocycles. The van der Waals surface area contributed by atoms with E-state index in [2.05, 4.69) is 15.6 Å². The number of aliphatic hydroxyl groups excluding tert-OH is 1. The largest absolute Gasteiger partial charge is 0.395 e. The van der Waals surface area contributed by atoms with E-state index in [0.717, 1.165) is 23.2 Å². The SMILES string of the molecule is CCN1C(=O)N(c2c(F)cc(NCCNCCO)cc2F)c2cc(Cl)ccc2-c2c1ncc(F)c2C. The van der Waals surface area contributed by atoms with Gasteiger partial charge in [0, 0.05) is 48.0 Å². The number of pyridine rings is 1. The van der Waals surface area contributed by atoms with Crippen molar-refractivity contribution in [1.29, 1.82) is 0 Å². The highest BCUT2D eigenvalue weighted by atomic mass is 35.5. The number of halogens is 4. The molecule has 0 unspecified atom stereocenters. The minimum atomic E-state index is -0.974. The third-order valence-corrected chi connectivity index (χ3v) is 6.12. The van der Waals surface area contributed by atoms with Crippen LogP contribution in [0, 0.1) is 24.4 Å². The Morgan fingerprint density at radius 3 is 2.44 bits per heavy atom. The van der Waals surface area contributed by atoms with Crippen LogP contribution in [0.4, 0.5) is 40.8 Å². The smallest absolute Gasteiger partial charge is 0.334 e. The average molecular weight is 520 g/mol. The number of fused-ring (bicyclic) bond motifs is 3. The van der Waals surface area contributed by atoms with Crippen molar-refractivity contribution in [2.45, 2.75) is 13.8 Å². The summed E-state index contributed by atoms with van der Waals surface area (Å²) in [6.45, 7) is 4.56. The number of hydrogen-bond donors (Lipinski definition) is 3. The van der Waals surface area contributed by atoms with Gasteiger partial charge in [-0.3, -0.25) is 9.80 Å². The molecular weight excluding hydrogens is 495 g/mol. The van der Waals surface area contributed by atoms with Gasteiger partial charge in [-0.05, 0) is 43.7 Å². The predicted octanol–water partition coefficient (Wildman–Crippen LogP) is 5.22. The predicted molar refractivity (Wildman–Crippen MR) is 135 cm³/mol. The lowest BCUT2D eigenvalue weighted by atomic mass is 9.99. The van der Waals surface area contributed by atoms with E-state index in [-0.39, 0.29) is 40.9 Å². The van der Waals surface area contributed by atoms with E-state index in [9.17, 15) is 9.18 Å². The first kappa shape index (κ1) is 25.7. The molecule has 1 aliphatic rings. The van der Waals surface area contributed by atoms with E-state index in [1.54, 1.807) is 26.0 Å². The van der Waals surface area contributed by atoms with Crippen LogP contribution in [0.3, 0.4) is 0 Å². The molecule has 0 saturated heterocycles. The molecular formula is C25H25ClF3N5O2. The molecule has 11 heteroatoms. The fraction of sp³-hybridized carbons (Fsp3) is 0.280. The highest BCUT2D eigenvalue weighted by Crippen LogP contribution is 2.47. The van der Waals surface area contributed by atoms with Crippen LogP contribution in [0.1, 0.15) is 12.5 Å². The standard InChI is InChI=1S/C25H25ClF3N5O2/c1-3-33-24-22(14(2)20(29)13-32-24)17-5-4-15(26)10-21(17)34(25(33)36)23-18(27)11-16(12-19(23)28)31-7-6-30-8-9-35/h4-5,10-13,30-31,35H,3,6-9H2,1-2H3. The topological polar surface area (TPSA) is 80.7 Å². The van der Waals surface area contributed by atoms with E-state index in [1.807, 2.05) is 0 Å². The van der Waals surface area contributed by atoms with Crippen LogP contribution in [0.2, 0.25) is 5.02 Å². The van der Waals surface area contributed by atoms with E-state index >= 15 is 8.78 Å². The fourth-order valence-corrected chi connectivity index (χ4v) is 4.36. The van der Waals surface area contributed by atoms with Crippen molar-refractivity contribution < 1.29 is 23.1 Å². The number of benzene rings is 2. The van der Waals surface area contributed by atoms with Crippen molar-refractivity contribution in [3.63, 3.8) is 0 Å². The summed E-state index contributed by atoms with van der Waals surface area (Å²) in [5.41, 5.74) is 0.645. The van der Waals surface area contributed by atoms with Crippen LogP contribution in [0.15, 0.2) is 36.5 Å². The molecule has 0 fully saturated rings. The van der Waals surface area contributed by atoms with Gasteiger partial charge < -0.3 is 15.7 Å². The Morgan fingerprint density at radius 1 is 1.06 bits per heavy atom. The molecule has 0 spiro atoms. The zero-order chi connectivity index (χ0) is 26.0. The van der Waals surface area contributed by atoms with Gasteiger partial charge in [0.25, 0.3) is 0 Å². The van der Waals surface area contributed by atoms with Gasteiger partial charge in [0.15, 0.2) is 11.6 Å². The molecule has 0 aliphatic carbocycles. The Morgan fingerprint density at radius 2 is 1.78 bits per heavy atom. The van der Waals surface area contributed by atoms with Crippen LogP contribution in [0.5, 0.6) is 0 Å². The number of anilines is 4. The van der Waals surface area contributed by atoms with Crippen molar-refractivity contribution in [2.75, 3.05) is 47.9 Å². The van der Waals surface area contributed by atoms with Crippen LogP contribution in [-0.2, 0) is 0 Å². The Kier molecular flexibility index (Phi) is 7.67. The molecule has 3 N–H and O–H groups in total. The number of urea groups is 1. The highest BCUT2D eigenvalue weighted by Gasteiger charge is 2.37. The molecule has 3 aromatic rings. The molecule has 2 heterocycles. The second kappa shape index (κ2) is 10.7. The summed E-state index contributed by atoms with van der Waals surface area (Å²) in [4.78, 5) is 20.1. The van der Waals surface area contributed by atoms with Crippen LogP contribution >= 0.6 is 11.6 Å². The summed E-state index contributed by atoms with van der Waals surface area (Å²) in [5.74, 6) is -2.34. The summed E-state index contributed by atoms with van der Waals surface area (Å²) in [6.07, 6.45) is 1.02. The Labute approximate surface area is 211 Å². The van der Waals surface area contributed by atoms with Gasteiger partial charge in [-0.2, -0.15) is 0 Å². The Hall–Kier alpha value is -3.34. The monoisotopic (exact) mass is 519 g/mol. The first-order chi connectivity index (χ1) is 17.3. The number of carbonyl (C=O) groups is 1. The van der Waals surface area contributed by atoms with Gasteiger partial charge >= 0.3 is 6.03 Å². The first-order valence-electron chi connectivity index (χ1n) is 11.4. The summed E-state index contributed by atoms with van der Waals surface area (Å²) in [6, 6.07) is 5.99. The number of aromatic nitrogens is 1. The van der Waals surface area contributed by atoms with Crippen LogP contribution in [0.25, 0.3) is 11.1 Å². The molecule has 4 rings (SSSR count). The molecule has 190 valence electrons. The fourth-order valence-electron chi connectivity index (χ4n) is 4.19. The Balaban J connectivity index is 1.85. The lowest BCUT2D eigenvalue weighted by Crippen LogP contribution is -2.41. The highest BCUT2D eigenvalue weighted by molar-refractivity contribution is 6.31. The Bertz CT molecular complexity index is 1280. The van der Waals surface area contributed by atoms with Gasteiger partial charge in [0.2, 0.25) is 0 Å². The number of aliphatic hydroxyl groups is 1. The molecule has 2 aromatic carbocycles. The van der Waals surface area contributed by atoms with Crippen molar-refractivity contribution in [1.82, 2.24) is 10.3 Å². The van der Waals surface area contributed by atoms with Gasteiger partial charge in [-0.1, -0.05) is 17.7 Å². The van der Waals surface area contributed by atoms with Gasteiger partial charge in [0.05, 0.1) is 18.5 Å². The number of amides is 2. The van der Waals surface area contributed by atoms with Crippen LogP contribution < -0.4 is 20.4 Å². The van der Waals surface area contributed by atoms with Gasteiger partial charge in [-0.25, -0.2) is 22.9 Å². The van der Waals surface area contributed by atoms with Crippen molar-refractivity contribution in [3.8, 4) is 11.1 Å². The quantitative estimate of drug-likeness (QED) is 0.356. The van der Waals surface area contributed by atoms with E-state index in [1.165, 1.54) is 11.0 Å². The zero-order valence-electron chi connectivity index (χ0n) is 19.7. The molecule has 1 aliphatic heterocycles. The maximum absolute atomic E-state index is 15.5. The van der Waals surface area contributed by atoms with Crippen molar-refractivity contribution in [3.05, 3.63) is 64.6 Å². The number of rotatable bonds is 8. The van der Waals surface area contributed by atoms with Gasteiger partial charge in [0.1, 0.15) is 17.3 Å². The molecule has 0 radical (unpaired) electrons. The molecule has 2 amide bonds. The second-order valence-electron chi connectivity index (χ2n) is 8.14. The normalized spacial score (nSPS) is 12.9. The van der Waals surface area contributed by atoms with E-state index in [4.69, 9.17) is 16.7 Å². The summed E-state index contributed by atoms with van der Waals surface area (Å²) in [7, 11) is 0. The van der Waals surface area contributed by atoms with E-state index in [0.29, 0.717) is 30.8 Å². The molecule has 0 atom stereocenters. The summed E-state index contributed by atoms with van der Waals surface area (Å²) >= 11 is 6.24. The number of nitrogens with one attached hydrogen (secondary N) is 2. The third kappa shape index (κ3) is 4.71. The summed E-state index contributed by atoms with van der Waals surface area (Å²) in [5, 5.41) is 14.9. The first-order valence-corrected chi connectivity index (χ1v) is 11.8. The number of carbonyl (C=O) groups excluding carboxylic acids is 1. The third-order valence-electron chi connectivity index (χ3n) is 5.88. The lowest BCUT2D eigenvalue weighted by Gasteiger charge is -2.28.